The van der Waals surface area contributed by atoms with E-state index >= 15 is 0 Å². The van der Waals surface area contributed by atoms with Gasteiger partial charge >= 0.3 is 0 Å². The predicted octanol–water partition coefficient (Wildman–Crippen LogP) is 4.24. The predicted molar refractivity (Wildman–Crippen MR) is 113 cm³/mol. The second-order valence-electron chi connectivity index (χ2n) is 5.95. The minimum Gasteiger partial charge on any atom is -0.497 e. The van der Waals surface area contributed by atoms with E-state index in [-0.39, 0.29) is 0 Å². The zero-order chi connectivity index (χ0) is 19.6. The molecule has 6 nitrogen and oxygen atoms in total. The van der Waals surface area contributed by atoms with Crippen LogP contribution in [0.5, 0.6) is 11.5 Å². The summed E-state index contributed by atoms with van der Waals surface area (Å²) in [6.45, 7) is 5.48. The van der Waals surface area contributed by atoms with Gasteiger partial charge in [0, 0.05) is 18.2 Å². The topological polar surface area (TPSA) is 68.3 Å². The number of rotatable bonds is 10. The molecule has 6 heteroatoms. The molecular formula is C22H24N4O2. The second kappa shape index (κ2) is 9.97. The Morgan fingerprint density at radius 3 is 2.29 bits per heavy atom. The lowest BCUT2D eigenvalue weighted by Gasteiger charge is -2.12. The third-order valence-electron chi connectivity index (χ3n) is 3.92. The number of methoxy groups -OCH3 is 1. The van der Waals surface area contributed by atoms with Crippen LogP contribution in [0.4, 0.5) is 11.6 Å². The van der Waals surface area contributed by atoms with Crippen LogP contribution in [0.1, 0.15) is 0 Å². The summed E-state index contributed by atoms with van der Waals surface area (Å²) >= 11 is 0. The fourth-order valence-corrected chi connectivity index (χ4v) is 2.54. The first-order chi connectivity index (χ1) is 13.8. The number of aromatic nitrogens is 2. The van der Waals surface area contributed by atoms with E-state index in [4.69, 9.17) is 9.47 Å². The van der Waals surface area contributed by atoms with Gasteiger partial charge in [-0.3, -0.25) is 0 Å². The molecule has 0 aliphatic carbocycles. The van der Waals surface area contributed by atoms with Gasteiger partial charge in [0.25, 0.3) is 0 Å². The molecule has 0 radical (unpaired) electrons. The summed E-state index contributed by atoms with van der Waals surface area (Å²) in [6.07, 6.45) is 1.79. The molecule has 2 aromatic carbocycles. The highest BCUT2D eigenvalue weighted by Crippen LogP contribution is 2.20. The Morgan fingerprint density at radius 2 is 1.61 bits per heavy atom. The van der Waals surface area contributed by atoms with Gasteiger partial charge in [0.05, 0.1) is 13.7 Å². The molecule has 144 valence electrons. The van der Waals surface area contributed by atoms with E-state index in [1.54, 1.807) is 13.2 Å². The van der Waals surface area contributed by atoms with Gasteiger partial charge in [-0.2, -0.15) is 0 Å². The van der Waals surface area contributed by atoms with E-state index in [2.05, 4.69) is 27.2 Å². The Hall–Kier alpha value is -3.54. The van der Waals surface area contributed by atoms with Gasteiger partial charge in [0.1, 0.15) is 29.7 Å². The summed E-state index contributed by atoms with van der Waals surface area (Å²) < 4.78 is 10.9. The molecule has 1 aromatic heterocycles. The van der Waals surface area contributed by atoms with Gasteiger partial charge < -0.3 is 20.1 Å². The van der Waals surface area contributed by atoms with Crippen molar-refractivity contribution in [3.63, 3.8) is 0 Å². The van der Waals surface area contributed by atoms with Crippen LogP contribution in [0.3, 0.4) is 0 Å². The zero-order valence-electron chi connectivity index (χ0n) is 15.9. The van der Waals surface area contributed by atoms with Crippen LogP contribution in [0, 0.1) is 0 Å². The van der Waals surface area contributed by atoms with Crippen LogP contribution < -0.4 is 20.1 Å². The highest BCUT2D eigenvalue weighted by Gasteiger charge is 2.06. The largest absolute Gasteiger partial charge is 0.497 e. The summed E-state index contributed by atoms with van der Waals surface area (Å²) in [5.74, 6) is 3.74. The van der Waals surface area contributed by atoms with Crippen molar-refractivity contribution >= 4 is 11.6 Å². The molecule has 2 N–H and O–H groups in total. The maximum Gasteiger partial charge on any atom is 0.163 e. The van der Waals surface area contributed by atoms with Crippen LogP contribution in [0.2, 0.25) is 0 Å². The summed E-state index contributed by atoms with van der Waals surface area (Å²) in [5.41, 5.74) is 0.960. The Labute approximate surface area is 165 Å². The molecule has 0 saturated heterocycles. The van der Waals surface area contributed by atoms with Gasteiger partial charge in [-0.1, -0.05) is 36.4 Å². The molecule has 0 amide bonds. The fraction of sp³-hybridized carbons (Fsp3) is 0.182. The van der Waals surface area contributed by atoms with Crippen LogP contribution in [0.15, 0.2) is 73.3 Å². The summed E-state index contributed by atoms with van der Waals surface area (Å²) in [7, 11) is 1.64. The quantitative estimate of drug-likeness (QED) is 0.407. The van der Waals surface area contributed by atoms with Crippen molar-refractivity contribution in [3.8, 4) is 22.9 Å². The lowest BCUT2D eigenvalue weighted by atomic mass is 10.2. The van der Waals surface area contributed by atoms with E-state index in [9.17, 15) is 0 Å². The molecule has 0 atom stereocenters. The number of ether oxygens (including phenoxy) is 2. The monoisotopic (exact) mass is 376 g/mol. The first-order valence-corrected chi connectivity index (χ1v) is 9.08. The Bertz CT molecular complexity index is 883. The molecular weight excluding hydrogens is 352 g/mol. The molecule has 0 unspecified atom stereocenters. The van der Waals surface area contributed by atoms with Crippen molar-refractivity contribution in [1.29, 1.82) is 0 Å². The maximum absolute atomic E-state index is 5.75. The van der Waals surface area contributed by atoms with Crippen molar-refractivity contribution in [3.05, 3.63) is 73.3 Å². The van der Waals surface area contributed by atoms with Gasteiger partial charge in [-0.15, -0.1) is 6.58 Å². The lowest BCUT2D eigenvalue weighted by Crippen LogP contribution is -2.13. The normalized spacial score (nSPS) is 10.2. The Balaban J connectivity index is 1.63. The number of benzene rings is 2. The molecule has 0 saturated carbocycles. The number of nitrogens with zero attached hydrogens (tertiary/aromatic N) is 2. The smallest absolute Gasteiger partial charge is 0.163 e. The van der Waals surface area contributed by atoms with E-state index in [0.29, 0.717) is 25.5 Å². The van der Waals surface area contributed by atoms with Gasteiger partial charge in [-0.05, 0) is 24.3 Å². The zero-order valence-corrected chi connectivity index (χ0v) is 15.9. The summed E-state index contributed by atoms with van der Waals surface area (Å²) in [4.78, 5) is 9.20. The van der Waals surface area contributed by atoms with Crippen LogP contribution >= 0.6 is 0 Å². The molecule has 0 aliphatic rings. The maximum atomic E-state index is 5.75. The highest BCUT2D eigenvalue weighted by molar-refractivity contribution is 5.61. The molecule has 0 fully saturated rings. The van der Waals surface area contributed by atoms with Crippen molar-refractivity contribution in [2.24, 2.45) is 0 Å². The number of hydrogen-bond donors (Lipinski definition) is 2. The van der Waals surface area contributed by atoms with Crippen molar-refractivity contribution in [2.75, 3.05) is 37.4 Å². The van der Waals surface area contributed by atoms with Crippen LogP contribution in [-0.2, 0) is 0 Å². The molecule has 3 aromatic rings. The molecule has 0 bridgehead atoms. The third-order valence-corrected chi connectivity index (χ3v) is 3.92. The van der Waals surface area contributed by atoms with Crippen molar-refractivity contribution in [1.82, 2.24) is 9.97 Å². The Kier molecular flexibility index (Phi) is 6.84. The van der Waals surface area contributed by atoms with Crippen LogP contribution in [0.25, 0.3) is 11.4 Å². The average molecular weight is 376 g/mol. The second-order valence-corrected chi connectivity index (χ2v) is 5.95. The Morgan fingerprint density at radius 1 is 0.929 bits per heavy atom. The van der Waals surface area contributed by atoms with E-state index in [0.717, 1.165) is 28.7 Å². The average Bonchev–Trinajstić information content (AvgIpc) is 2.76. The third kappa shape index (κ3) is 5.48. The minimum absolute atomic E-state index is 0.506. The fourth-order valence-electron chi connectivity index (χ4n) is 2.54. The number of nitrogens with one attached hydrogen (secondary N) is 2. The van der Waals surface area contributed by atoms with E-state index in [1.807, 2.05) is 60.7 Å². The lowest BCUT2D eigenvalue weighted by molar-refractivity contribution is 0.331. The van der Waals surface area contributed by atoms with E-state index < -0.39 is 0 Å². The summed E-state index contributed by atoms with van der Waals surface area (Å²) in [5, 5.41) is 6.52. The number of hydrogen-bond acceptors (Lipinski definition) is 6. The first kappa shape index (κ1) is 19.2. The molecule has 0 spiro atoms. The highest BCUT2D eigenvalue weighted by atomic mass is 16.5. The van der Waals surface area contributed by atoms with Gasteiger partial charge in [-0.25, -0.2) is 9.97 Å². The van der Waals surface area contributed by atoms with E-state index in [1.165, 1.54) is 0 Å². The van der Waals surface area contributed by atoms with Crippen LogP contribution in [-0.4, -0.2) is 36.8 Å². The SMILES string of the molecule is C=CCNc1cc(NCCOc2ccc(OC)cc2)nc(-c2ccccc2)n1. The summed E-state index contributed by atoms with van der Waals surface area (Å²) in [6, 6.07) is 19.3. The van der Waals surface area contributed by atoms with Crippen molar-refractivity contribution in [2.45, 2.75) is 0 Å². The molecule has 0 aliphatic heterocycles. The van der Waals surface area contributed by atoms with Gasteiger partial charge in [0.15, 0.2) is 5.82 Å². The standard InChI is InChI=1S/C22H24N4O2/c1-3-13-23-20-16-21(26-22(25-20)17-7-5-4-6-8-17)24-14-15-28-19-11-9-18(27-2)10-12-19/h3-12,16H,1,13-15H2,2H3,(H2,23,24,25,26). The number of anilines is 2. The first-order valence-electron chi connectivity index (χ1n) is 9.08. The molecule has 3 rings (SSSR count). The molecule has 28 heavy (non-hydrogen) atoms. The molecule has 1 heterocycles. The minimum atomic E-state index is 0.506. The van der Waals surface area contributed by atoms with Crippen molar-refractivity contribution < 1.29 is 9.47 Å². The van der Waals surface area contributed by atoms with Gasteiger partial charge in [0.2, 0.25) is 0 Å².